The lowest BCUT2D eigenvalue weighted by atomic mass is 9.89. The molecular formula is C16H26N2O3. The van der Waals surface area contributed by atoms with Gasteiger partial charge in [0.1, 0.15) is 17.2 Å². The largest absolute Gasteiger partial charge is 0.496 e. The van der Waals surface area contributed by atoms with E-state index in [4.69, 9.17) is 19.9 Å². The lowest BCUT2D eigenvalue weighted by Gasteiger charge is -2.40. The standard InChI is InChI=1S/C16H26N2O3/c1-18(11-6-5-7-11)13(10-17)16-14(20-3)8-12(19-2)9-15(16)21-4/h8-9,11,13H,5-7,10,17H2,1-4H3. The molecule has 0 bridgehead atoms. The van der Waals surface area contributed by atoms with Gasteiger partial charge in [0, 0.05) is 24.7 Å². The number of rotatable bonds is 7. The first-order valence-corrected chi connectivity index (χ1v) is 7.38. The molecule has 5 nitrogen and oxygen atoms in total. The summed E-state index contributed by atoms with van der Waals surface area (Å²) in [5.74, 6) is 2.23. The maximum atomic E-state index is 6.06. The third kappa shape index (κ3) is 3.09. The van der Waals surface area contributed by atoms with Gasteiger partial charge in [-0.3, -0.25) is 4.90 Å². The van der Waals surface area contributed by atoms with Crippen LogP contribution in [0.2, 0.25) is 0 Å². The summed E-state index contributed by atoms with van der Waals surface area (Å²) in [6.45, 7) is 0.520. The fourth-order valence-electron chi connectivity index (χ4n) is 2.90. The highest BCUT2D eigenvalue weighted by Crippen LogP contribution is 2.41. The normalized spacial score (nSPS) is 16.5. The number of methoxy groups -OCH3 is 3. The molecule has 0 amide bonds. The van der Waals surface area contributed by atoms with Crippen LogP contribution in [-0.2, 0) is 0 Å². The van der Waals surface area contributed by atoms with Crippen molar-refractivity contribution in [1.29, 1.82) is 0 Å². The topological polar surface area (TPSA) is 57.0 Å². The molecule has 1 atom stereocenters. The summed E-state index contributed by atoms with van der Waals surface area (Å²) in [5, 5.41) is 0. The smallest absolute Gasteiger partial charge is 0.131 e. The van der Waals surface area contributed by atoms with Crippen LogP contribution in [0.5, 0.6) is 17.2 Å². The summed E-state index contributed by atoms with van der Waals surface area (Å²) in [6, 6.07) is 4.44. The van der Waals surface area contributed by atoms with Gasteiger partial charge in [-0.2, -0.15) is 0 Å². The maximum Gasteiger partial charge on any atom is 0.131 e. The predicted molar refractivity (Wildman–Crippen MR) is 83.3 cm³/mol. The molecule has 0 aromatic heterocycles. The molecule has 2 N–H and O–H groups in total. The zero-order valence-electron chi connectivity index (χ0n) is 13.4. The van der Waals surface area contributed by atoms with Crippen LogP contribution in [0.4, 0.5) is 0 Å². The van der Waals surface area contributed by atoms with Crippen LogP contribution in [-0.4, -0.2) is 45.9 Å². The van der Waals surface area contributed by atoms with Gasteiger partial charge in [-0.15, -0.1) is 0 Å². The van der Waals surface area contributed by atoms with Crippen molar-refractivity contribution in [2.45, 2.75) is 31.3 Å². The molecule has 1 aromatic rings. The summed E-state index contributed by atoms with van der Waals surface area (Å²) in [4.78, 5) is 2.34. The van der Waals surface area contributed by atoms with Gasteiger partial charge >= 0.3 is 0 Å². The lowest BCUT2D eigenvalue weighted by Crippen LogP contribution is -2.42. The van der Waals surface area contributed by atoms with E-state index >= 15 is 0 Å². The first kappa shape index (κ1) is 15.9. The van der Waals surface area contributed by atoms with Crippen molar-refractivity contribution >= 4 is 0 Å². The van der Waals surface area contributed by atoms with Crippen LogP contribution >= 0.6 is 0 Å². The van der Waals surface area contributed by atoms with Crippen LogP contribution in [0.3, 0.4) is 0 Å². The number of nitrogens with zero attached hydrogens (tertiary/aromatic N) is 1. The van der Waals surface area contributed by atoms with Crippen molar-refractivity contribution in [3.8, 4) is 17.2 Å². The van der Waals surface area contributed by atoms with E-state index < -0.39 is 0 Å². The van der Waals surface area contributed by atoms with Gasteiger partial charge in [0.15, 0.2) is 0 Å². The van der Waals surface area contributed by atoms with Crippen molar-refractivity contribution in [2.75, 3.05) is 34.9 Å². The molecule has 21 heavy (non-hydrogen) atoms. The van der Waals surface area contributed by atoms with Crippen molar-refractivity contribution in [3.05, 3.63) is 17.7 Å². The minimum Gasteiger partial charge on any atom is -0.496 e. The van der Waals surface area contributed by atoms with Gasteiger partial charge in [-0.1, -0.05) is 6.42 Å². The zero-order valence-corrected chi connectivity index (χ0v) is 13.4. The molecule has 5 heteroatoms. The summed E-state index contributed by atoms with van der Waals surface area (Å²) in [5.41, 5.74) is 7.05. The molecule has 1 aliphatic rings. The Morgan fingerprint density at radius 3 is 2.05 bits per heavy atom. The Labute approximate surface area is 127 Å². The summed E-state index contributed by atoms with van der Waals surface area (Å²) >= 11 is 0. The minimum atomic E-state index is 0.0751. The van der Waals surface area contributed by atoms with Crippen molar-refractivity contribution in [2.24, 2.45) is 5.73 Å². The average Bonchev–Trinajstić information content (AvgIpc) is 2.45. The molecule has 0 saturated heterocycles. The fraction of sp³-hybridized carbons (Fsp3) is 0.625. The molecule has 1 unspecified atom stereocenters. The van der Waals surface area contributed by atoms with Gasteiger partial charge in [0.25, 0.3) is 0 Å². The second-order valence-corrected chi connectivity index (χ2v) is 5.45. The van der Waals surface area contributed by atoms with E-state index in [0.717, 1.165) is 22.8 Å². The van der Waals surface area contributed by atoms with E-state index in [1.54, 1.807) is 21.3 Å². The van der Waals surface area contributed by atoms with Crippen molar-refractivity contribution < 1.29 is 14.2 Å². The minimum absolute atomic E-state index is 0.0751. The number of hydrogen-bond donors (Lipinski definition) is 1. The number of benzene rings is 1. The van der Waals surface area contributed by atoms with Crippen molar-refractivity contribution in [1.82, 2.24) is 4.90 Å². The number of hydrogen-bond acceptors (Lipinski definition) is 5. The summed E-state index contributed by atoms with van der Waals surface area (Å²) < 4.78 is 16.4. The molecule has 0 aliphatic heterocycles. The van der Waals surface area contributed by atoms with Gasteiger partial charge in [0.2, 0.25) is 0 Å². The molecule has 1 aliphatic carbocycles. The number of likely N-dealkylation sites (N-methyl/N-ethyl adjacent to an activating group) is 1. The Hall–Kier alpha value is -1.46. The maximum absolute atomic E-state index is 6.06. The number of ether oxygens (including phenoxy) is 3. The third-order valence-corrected chi connectivity index (χ3v) is 4.45. The molecule has 1 aromatic carbocycles. The van der Waals surface area contributed by atoms with Crippen LogP contribution in [0.15, 0.2) is 12.1 Å². The van der Waals surface area contributed by atoms with Gasteiger partial charge < -0.3 is 19.9 Å². The monoisotopic (exact) mass is 294 g/mol. The molecular weight excluding hydrogens is 268 g/mol. The molecule has 1 saturated carbocycles. The van der Waals surface area contributed by atoms with Crippen molar-refractivity contribution in [3.63, 3.8) is 0 Å². The van der Waals surface area contributed by atoms with Crippen LogP contribution in [0, 0.1) is 0 Å². The highest BCUT2D eigenvalue weighted by Gasteiger charge is 2.31. The van der Waals surface area contributed by atoms with E-state index in [2.05, 4.69) is 11.9 Å². The third-order valence-electron chi connectivity index (χ3n) is 4.45. The molecule has 2 rings (SSSR count). The quantitative estimate of drug-likeness (QED) is 0.835. The van der Waals surface area contributed by atoms with Gasteiger partial charge in [-0.05, 0) is 19.9 Å². The Morgan fingerprint density at radius 2 is 1.71 bits per heavy atom. The zero-order chi connectivity index (χ0) is 15.4. The predicted octanol–water partition coefficient (Wildman–Crippen LogP) is 2.20. The van der Waals surface area contributed by atoms with Crippen LogP contribution in [0.1, 0.15) is 30.9 Å². The van der Waals surface area contributed by atoms with E-state index in [1.165, 1.54) is 19.3 Å². The molecule has 118 valence electrons. The highest BCUT2D eigenvalue weighted by atomic mass is 16.5. The van der Waals surface area contributed by atoms with E-state index in [9.17, 15) is 0 Å². The van der Waals surface area contributed by atoms with Gasteiger partial charge in [-0.25, -0.2) is 0 Å². The molecule has 0 heterocycles. The lowest BCUT2D eigenvalue weighted by molar-refractivity contribution is 0.110. The molecule has 0 spiro atoms. The Balaban J connectivity index is 2.42. The van der Waals surface area contributed by atoms with E-state index in [1.807, 2.05) is 12.1 Å². The Morgan fingerprint density at radius 1 is 1.14 bits per heavy atom. The summed E-state index contributed by atoms with van der Waals surface area (Å²) in [7, 11) is 7.09. The summed E-state index contributed by atoms with van der Waals surface area (Å²) in [6.07, 6.45) is 3.75. The fourth-order valence-corrected chi connectivity index (χ4v) is 2.90. The Kier molecular flexibility index (Phi) is 5.31. The first-order valence-electron chi connectivity index (χ1n) is 7.38. The average molecular weight is 294 g/mol. The highest BCUT2D eigenvalue weighted by molar-refractivity contribution is 5.52. The molecule has 1 fully saturated rings. The van der Waals surface area contributed by atoms with Crippen LogP contribution in [0.25, 0.3) is 0 Å². The van der Waals surface area contributed by atoms with E-state index in [0.29, 0.717) is 12.6 Å². The van der Waals surface area contributed by atoms with Crippen LogP contribution < -0.4 is 19.9 Å². The SMILES string of the molecule is COc1cc(OC)c(C(CN)N(C)C2CCC2)c(OC)c1. The molecule has 0 radical (unpaired) electrons. The second kappa shape index (κ2) is 7.00. The number of nitrogens with two attached hydrogens (primary N) is 1. The Bertz CT molecular complexity index is 450. The second-order valence-electron chi connectivity index (χ2n) is 5.45. The van der Waals surface area contributed by atoms with Gasteiger partial charge in [0.05, 0.1) is 32.9 Å². The first-order chi connectivity index (χ1) is 10.2. The van der Waals surface area contributed by atoms with E-state index in [-0.39, 0.29) is 6.04 Å².